The molecule has 0 aliphatic rings. The fraction of sp³-hybridized carbons (Fsp3) is 0.222. The zero-order valence-electron chi connectivity index (χ0n) is 14.7. The minimum absolute atomic E-state index is 0.149. The minimum atomic E-state index is -0.605. The molecule has 0 aromatic heterocycles. The van der Waals surface area contributed by atoms with Crippen molar-refractivity contribution in [3.05, 3.63) is 53.8 Å². The van der Waals surface area contributed by atoms with Gasteiger partial charge in [0.25, 0.3) is 0 Å². The summed E-state index contributed by atoms with van der Waals surface area (Å²) in [6.07, 6.45) is -0.605. The summed E-state index contributed by atoms with van der Waals surface area (Å²) in [7, 11) is 4.24. The van der Waals surface area contributed by atoms with E-state index in [9.17, 15) is 14.0 Å². The number of carbonyl (C=O) groups excluding carboxylic acids is 2. The summed E-state index contributed by atoms with van der Waals surface area (Å²) in [6.45, 7) is 0.215. The first kappa shape index (κ1) is 19.0. The Bertz CT molecular complexity index is 798. The third kappa shape index (κ3) is 5.10. The maximum Gasteiger partial charge on any atom is 0.411 e. The number of benzene rings is 2. The number of methoxy groups -OCH3 is 2. The molecule has 0 spiro atoms. The predicted octanol–water partition coefficient (Wildman–Crippen LogP) is 3.68. The lowest BCUT2D eigenvalue weighted by Crippen LogP contribution is -2.30. The molecular formula is C18H20FN3O4. The average molecular weight is 361 g/mol. The average Bonchev–Trinajstić information content (AvgIpc) is 2.62. The molecule has 0 heterocycles. The molecule has 0 saturated carbocycles. The van der Waals surface area contributed by atoms with Crippen LogP contribution in [0.25, 0.3) is 0 Å². The van der Waals surface area contributed by atoms with Crippen LogP contribution in [0.5, 0.6) is 5.75 Å². The number of hydrogen-bond donors (Lipinski definition) is 2. The van der Waals surface area contributed by atoms with Gasteiger partial charge in [-0.25, -0.2) is 14.0 Å². The summed E-state index contributed by atoms with van der Waals surface area (Å²) in [5.74, 6) is -0.337. The number of rotatable bonds is 5. The molecule has 2 rings (SSSR count). The molecule has 138 valence electrons. The van der Waals surface area contributed by atoms with E-state index >= 15 is 0 Å². The Morgan fingerprint density at radius 2 is 1.77 bits per heavy atom. The van der Waals surface area contributed by atoms with Gasteiger partial charge in [-0.3, -0.25) is 5.32 Å². The molecule has 0 saturated heterocycles. The van der Waals surface area contributed by atoms with Crippen molar-refractivity contribution in [1.82, 2.24) is 4.90 Å². The van der Waals surface area contributed by atoms with Crippen LogP contribution in [0, 0.1) is 5.82 Å². The number of halogens is 1. The topological polar surface area (TPSA) is 79.9 Å². The van der Waals surface area contributed by atoms with Crippen molar-refractivity contribution in [1.29, 1.82) is 0 Å². The van der Waals surface area contributed by atoms with Crippen LogP contribution in [0.2, 0.25) is 0 Å². The zero-order valence-corrected chi connectivity index (χ0v) is 14.7. The maximum atomic E-state index is 13.7. The van der Waals surface area contributed by atoms with E-state index in [1.165, 1.54) is 31.3 Å². The van der Waals surface area contributed by atoms with Gasteiger partial charge in [0.2, 0.25) is 0 Å². The first-order chi connectivity index (χ1) is 12.4. The Hall–Kier alpha value is -3.29. The molecule has 2 N–H and O–H groups in total. The molecular weight excluding hydrogens is 341 g/mol. The van der Waals surface area contributed by atoms with Crippen LogP contribution in [-0.2, 0) is 11.3 Å². The van der Waals surface area contributed by atoms with Crippen molar-refractivity contribution in [2.24, 2.45) is 0 Å². The molecule has 0 bridgehead atoms. The Morgan fingerprint density at radius 1 is 1.08 bits per heavy atom. The molecule has 0 atom stereocenters. The van der Waals surface area contributed by atoms with Crippen LogP contribution in [-0.4, -0.2) is 38.3 Å². The molecule has 7 nitrogen and oxygen atoms in total. The minimum Gasteiger partial charge on any atom is -0.494 e. The van der Waals surface area contributed by atoms with Gasteiger partial charge in [-0.15, -0.1) is 0 Å². The van der Waals surface area contributed by atoms with Crippen molar-refractivity contribution in [2.45, 2.75) is 6.54 Å². The molecule has 0 aliphatic heterocycles. The fourth-order valence-electron chi connectivity index (χ4n) is 2.22. The summed E-state index contributed by atoms with van der Waals surface area (Å²) in [5, 5.41) is 5.22. The van der Waals surface area contributed by atoms with Gasteiger partial charge < -0.3 is 19.7 Å². The summed E-state index contributed by atoms with van der Waals surface area (Å²) < 4.78 is 23.1. The third-order valence-corrected chi connectivity index (χ3v) is 3.53. The number of nitrogens with zero attached hydrogens (tertiary/aromatic N) is 1. The molecule has 2 aromatic rings. The van der Waals surface area contributed by atoms with Crippen molar-refractivity contribution < 1.29 is 23.5 Å². The number of urea groups is 1. The molecule has 8 heteroatoms. The highest BCUT2D eigenvalue weighted by atomic mass is 19.1. The smallest absolute Gasteiger partial charge is 0.411 e. The van der Waals surface area contributed by atoms with Crippen molar-refractivity contribution in [3.8, 4) is 5.75 Å². The Balaban J connectivity index is 1.99. The lowest BCUT2D eigenvalue weighted by Gasteiger charge is -2.18. The number of nitrogens with one attached hydrogen (secondary N) is 2. The van der Waals surface area contributed by atoms with E-state index in [1.54, 1.807) is 37.4 Å². The fourth-order valence-corrected chi connectivity index (χ4v) is 2.22. The summed E-state index contributed by atoms with van der Waals surface area (Å²) in [5.41, 5.74) is 1.60. The predicted molar refractivity (Wildman–Crippen MR) is 95.9 cm³/mol. The standard InChI is InChI=1S/C18H20FN3O4/c1-22(11-12-7-8-16(25-2)15(19)9-12)17(23)20-13-5-4-6-14(10-13)21-18(24)26-3/h4-10H,11H2,1-3H3,(H,20,23)(H,21,24). The van der Waals surface area contributed by atoms with Gasteiger partial charge in [-0.1, -0.05) is 12.1 Å². The third-order valence-electron chi connectivity index (χ3n) is 3.53. The second kappa shape index (κ2) is 8.70. The highest BCUT2D eigenvalue weighted by molar-refractivity contribution is 5.91. The highest BCUT2D eigenvalue weighted by Gasteiger charge is 2.12. The Morgan fingerprint density at radius 3 is 2.38 bits per heavy atom. The largest absolute Gasteiger partial charge is 0.494 e. The van der Waals surface area contributed by atoms with Gasteiger partial charge in [0, 0.05) is 25.0 Å². The van der Waals surface area contributed by atoms with Crippen LogP contribution < -0.4 is 15.4 Å². The Kier molecular flexibility index (Phi) is 6.37. The molecule has 3 amide bonds. The molecule has 0 fully saturated rings. The monoisotopic (exact) mass is 361 g/mol. The summed E-state index contributed by atoms with van der Waals surface area (Å²) in [4.78, 5) is 24.9. The summed E-state index contributed by atoms with van der Waals surface area (Å²) in [6, 6.07) is 10.8. The zero-order chi connectivity index (χ0) is 19.1. The molecule has 2 aromatic carbocycles. The lowest BCUT2D eigenvalue weighted by atomic mass is 10.2. The second-order valence-corrected chi connectivity index (χ2v) is 5.45. The van der Waals surface area contributed by atoms with E-state index in [0.717, 1.165) is 0 Å². The number of amides is 3. The van der Waals surface area contributed by atoms with Crippen LogP contribution >= 0.6 is 0 Å². The molecule has 0 aliphatic carbocycles. The van der Waals surface area contributed by atoms with Gasteiger partial charge >= 0.3 is 12.1 Å². The SMILES string of the molecule is COC(=O)Nc1cccc(NC(=O)N(C)Cc2ccc(OC)c(F)c2)c1. The van der Waals surface area contributed by atoms with E-state index in [-0.39, 0.29) is 18.3 Å². The lowest BCUT2D eigenvalue weighted by molar-refractivity contribution is 0.187. The number of carbonyl (C=O) groups is 2. The molecule has 0 radical (unpaired) electrons. The van der Waals surface area contributed by atoms with Gasteiger partial charge in [-0.05, 0) is 35.9 Å². The van der Waals surface area contributed by atoms with E-state index in [4.69, 9.17) is 4.74 Å². The van der Waals surface area contributed by atoms with Gasteiger partial charge in [0.15, 0.2) is 11.6 Å². The number of hydrogen-bond acceptors (Lipinski definition) is 4. The van der Waals surface area contributed by atoms with E-state index < -0.39 is 11.9 Å². The van der Waals surface area contributed by atoms with Crippen LogP contribution in [0.4, 0.5) is 25.4 Å². The van der Waals surface area contributed by atoms with Gasteiger partial charge in [0.05, 0.1) is 14.2 Å². The normalized spacial score (nSPS) is 10.0. The number of anilines is 2. The first-order valence-corrected chi connectivity index (χ1v) is 7.72. The molecule has 0 unspecified atom stereocenters. The highest BCUT2D eigenvalue weighted by Crippen LogP contribution is 2.19. The van der Waals surface area contributed by atoms with Crippen LogP contribution in [0.15, 0.2) is 42.5 Å². The van der Waals surface area contributed by atoms with E-state index in [2.05, 4.69) is 15.4 Å². The van der Waals surface area contributed by atoms with Crippen molar-refractivity contribution in [2.75, 3.05) is 31.9 Å². The van der Waals surface area contributed by atoms with Crippen molar-refractivity contribution in [3.63, 3.8) is 0 Å². The molecule has 26 heavy (non-hydrogen) atoms. The van der Waals surface area contributed by atoms with Gasteiger partial charge in [0.1, 0.15) is 0 Å². The first-order valence-electron chi connectivity index (χ1n) is 7.72. The quantitative estimate of drug-likeness (QED) is 0.851. The van der Waals surface area contributed by atoms with Crippen LogP contribution in [0.1, 0.15) is 5.56 Å². The van der Waals surface area contributed by atoms with Crippen molar-refractivity contribution >= 4 is 23.5 Å². The van der Waals surface area contributed by atoms with E-state index in [0.29, 0.717) is 16.9 Å². The maximum absolute atomic E-state index is 13.7. The number of ether oxygens (including phenoxy) is 2. The Labute approximate surface area is 150 Å². The van der Waals surface area contributed by atoms with Crippen LogP contribution in [0.3, 0.4) is 0 Å². The second-order valence-electron chi connectivity index (χ2n) is 5.45. The van der Waals surface area contributed by atoms with Gasteiger partial charge in [-0.2, -0.15) is 0 Å². The van der Waals surface area contributed by atoms with E-state index in [1.807, 2.05) is 0 Å². The summed E-state index contributed by atoms with van der Waals surface area (Å²) >= 11 is 0.